The minimum Gasteiger partial charge on any atom is -0.338 e. The fourth-order valence-electron chi connectivity index (χ4n) is 2.68. The van der Waals surface area contributed by atoms with E-state index < -0.39 is 10.0 Å². The lowest BCUT2D eigenvalue weighted by Gasteiger charge is -2.10. The summed E-state index contributed by atoms with van der Waals surface area (Å²) < 4.78 is 27.2. The number of hydrogen-bond acceptors (Lipinski definition) is 5. The van der Waals surface area contributed by atoms with Crippen LogP contribution in [-0.2, 0) is 10.0 Å². The second-order valence-corrected chi connectivity index (χ2v) is 7.54. The Morgan fingerprint density at radius 3 is 2.37 bits per heavy atom. The number of fused-ring (bicyclic) bond motifs is 1. The largest absolute Gasteiger partial charge is 0.338 e. The summed E-state index contributed by atoms with van der Waals surface area (Å²) in [6.07, 6.45) is 3.21. The van der Waals surface area contributed by atoms with Gasteiger partial charge in [-0.15, -0.1) is 0 Å². The Hall–Kier alpha value is -3.45. The lowest BCUT2D eigenvalue weighted by atomic mass is 10.2. The van der Waals surface area contributed by atoms with Gasteiger partial charge in [0.15, 0.2) is 0 Å². The predicted molar refractivity (Wildman–Crippen MR) is 107 cm³/mol. The third-order valence-electron chi connectivity index (χ3n) is 3.96. The molecule has 0 saturated carbocycles. The zero-order valence-corrected chi connectivity index (χ0v) is 15.0. The second-order valence-electron chi connectivity index (χ2n) is 5.86. The molecule has 2 heterocycles. The Morgan fingerprint density at radius 1 is 0.778 bits per heavy atom. The van der Waals surface area contributed by atoms with Gasteiger partial charge in [0.05, 0.1) is 28.0 Å². The number of anilines is 3. The molecule has 4 aromatic rings. The molecule has 0 atom stereocenters. The van der Waals surface area contributed by atoms with Gasteiger partial charge in [0.25, 0.3) is 10.0 Å². The van der Waals surface area contributed by atoms with Crippen molar-refractivity contribution in [3.05, 3.63) is 85.2 Å². The molecule has 0 aliphatic rings. The summed E-state index contributed by atoms with van der Waals surface area (Å²) in [6, 6.07) is 21.3. The number of nitrogens with one attached hydrogen (secondary N) is 2. The standard InChI is InChI=1S/C20H16N4O2S/c25-27(26,17-8-2-1-3-9-17)24-16-11-12-19(22-14-16)23-18-10-4-6-15-7-5-13-21-20(15)18/h1-14,24H,(H,22,23). The minimum absolute atomic E-state index is 0.203. The van der Waals surface area contributed by atoms with Gasteiger partial charge in [-0.3, -0.25) is 9.71 Å². The first kappa shape index (κ1) is 17.0. The van der Waals surface area contributed by atoms with Crippen LogP contribution in [0.1, 0.15) is 0 Å². The van der Waals surface area contributed by atoms with Crippen LogP contribution < -0.4 is 10.0 Å². The molecule has 2 aromatic carbocycles. The molecular weight excluding hydrogens is 360 g/mol. The van der Waals surface area contributed by atoms with Crippen LogP contribution in [0.15, 0.2) is 90.1 Å². The Labute approximate surface area is 157 Å². The van der Waals surface area contributed by atoms with E-state index in [1.807, 2.05) is 30.3 Å². The smallest absolute Gasteiger partial charge is 0.261 e. The average molecular weight is 376 g/mol. The summed E-state index contributed by atoms with van der Waals surface area (Å²) in [4.78, 5) is 8.89. The van der Waals surface area contributed by atoms with Crippen molar-refractivity contribution in [3.63, 3.8) is 0 Å². The number of pyridine rings is 2. The van der Waals surface area contributed by atoms with Crippen molar-refractivity contribution in [2.45, 2.75) is 4.90 Å². The quantitative estimate of drug-likeness (QED) is 0.546. The van der Waals surface area contributed by atoms with Gasteiger partial charge in [-0.25, -0.2) is 13.4 Å². The number of rotatable bonds is 5. The van der Waals surface area contributed by atoms with Gasteiger partial charge in [0.2, 0.25) is 0 Å². The van der Waals surface area contributed by atoms with Crippen LogP contribution in [0.25, 0.3) is 10.9 Å². The molecule has 0 aliphatic heterocycles. The van der Waals surface area contributed by atoms with Crippen molar-refractivity contribution >= 4 is 38.1 Å². The van der Waals surface area contributed by atoms with Crippen molar-refractivity contribution in [1.29, 1.82) is 0 Å². The van der Waals surface area contributed by atoms with Gasteiger partial charge in [0, 0.05) is 11.6 Å². The van der Waals surface area contributed by atoms with Crippen LogP contribution in [0, 0.1) is 0 Å². The fraction of sp³-hybridized carbons (Fsp3) is 0. The zero-order chi connectivity index (χ0) is 18.7. The maximum atomic E-state index is 12.4. The van der Waals surface area contributed by atoms with Crippen LogP contribution in [0.4, 0.5) is 17.2 Å². The molecule has 27 heavy (non-hydrogen) atoms. The van der Waals surface area contributed by atoms with Crippen molar-refractivity contribution in [3.8, 4) is 0 Å². The molecule has 0 unspecified atom stereocenters. The van der Waals surface area contributed by atoms with Crippen molar-refractivity contribution in [2.24, 2.45) is 0 Å². The highest BCUT2D eigenvalue weighted by Crippen LogP contribution is 2.24. The minimum atomic E-state index is -3.63. The highest BCUT2D eigenvalue weighted by molar-refractivity contribution is 7.92. The van der Waals surface area contributed by atoms with E-state index in [2.05, 4.69) is 20.0 Å². The Kier molecular flexibility index (Phi) is 4.43. The Bertz CT molecular complexity index is 1170. The summed E-state index contributed by atoms with van der Waals surface area (Å²) >= 11 is 0. The highest BCUT2D eigenvalue weighted by atomic mass is 32.2. The lowest BCUT2D eigenvalue weighted by molar-refractivity contribution is 0.601. The van der Waals surface area contributed by atoms with Gasteiger partial charge < -0.3 is 5.32 Å². The van der Waals surface area contributed by atoms with Crippen molar-refractivity contribution in [1.82, 2.24) is 9.97 Å². The number of aromatic nitrogens is 2. The van der Waals surface area contributed by atoms with Crippen LogP contribution >= 0.6 is 0 Å². The molecule has 0 aliphatic carbocycles. The van der Waals surface area contributed by atoms with E-state index in [-0.39, 0.29) is 4.90 Å². The zero-order valence-electron chi connectivity index (χ0n) is 14.2. The van der Waals surface area contributed by atoms with Gasteiger partial charge in [-0.1, -0.05) is 36.4 Å². The first-order valence-corrected chi connectivity index (χ1v) is 9.75. The molecular formula is C20H16N4O2S. The summed E-state index contributed by atoms with van der Waals surface area (Å²) in [6.45, 7) is 0. The molecule has 134 valence electrons. The molecule has 0 amide bonds. The third kappa shape index (κ3) is 3.73. The molecule has 6 nitrogen and oxygen atoms in total. The SMILES string of the molecule is O=S(=O)(Nc1ccc(Nc2cccc3cccnc23)nc1)c1ccccc1. The third-order valence-corrected chi connectivity index (χ3v) is 5.36. The van der Waals surface area contributed by atoms with E-state index in [4.69, 9.17) is 0 Å². The second kappa shape index (κ2) is 7.05. The summed E-state index contributed by atoms with van der Waals surface area (Å²) in [7, 11) is -3.63. The summed E-state index contributed by atoms with van der Waals surface area (Å²) in [5, 5.41) is 4.24. The monoisotopic (exact) mass is 376 g/mol. The number of benzene rings is 2. The van der Waals surface area contributed by atoms with Crippen LogP contribution in [-0.4, -0.2) is 18.4 Å². The molecule has 2 aromatic heterocycles. The Balaban J connectivity index is 1.54. The highest BCUT2D eigenvalue weighted by Gasteiger charge is 2.13. The van der Waals surface area contributed by atoms with E-state index >= 15 is 0 Å². The van der Waals surface area contributed by atoms with E-state index in [9.17, 15) is 8.42 Å². The van der Waals surface area contributed by atoms with E-state index in [0.29, 0.717) is 11.5 Å². The summed E-state index contributed by atoms with van der Waals surface area (Å²) in [5.41, 5.74) is 2.06. The lowest BCUT2D eigenvalue weighted by Crippen LogP contribution is -2.13. The number of para-hydroxylation sites is 1. The Morgan fingerprint density at radius 2 is 1.59 bits per heavy atom. The van der Waals surface area contributed by atoms with Gasteiger partial charge in [0.1, 0.15) is 5.82 Å². The maximum absolute atomic E-state index is 12.4. The van der Waals surface area contributed by atoms with Crippen LogP contribution in [0.3, 0.4) is 0 Å². The predicted octanol–water partition coefficient (Wildman–Crippen LogP) is 4.17. The average Bonchev–Trinajstić information content (AvgIpc) is 2.70. The molecule has 0 fully saturated rings. The van der Waals surface area contributed by atoms with Crippen molar-refractivity contribution in [2.75, 3.05) is 10.0 Å². The van der Waals surface area contributed by atoms with Gasteiger partial charge in [-0.05, 0) is 36.4 Å². The van der Waals surface area contributed by atoms with Crippen LogP contribution in [0.2, 0.25) is 0 Å². The molecule has 0 spiro atoms. The molecule has 0 radical (unpaired) electrons. The fourth-order valence-corrected chi connectivity index (χ4v) is 3.75. The normalized spacial score (nSPS) is 11.3. The number of sulfonamides is 1. The maximum Gasteiger partial charge on any atom is 0.261 e. The first-order valence-electron chi connectivity index (χ1n) is 8.26. The van der Waals surface area contributed by atoms with Gasteiger partial charge >= 0.3 is 0 Å². The van der Waals surface area contributed by atoms with E-state index in [0.717, 1.165) is 16.6 Å². The first-order chi connectivity index (χ1) is 13.1. The topological polar surface area (TPSA) is 84.0 Å². The summed E-state index contributed by atoms with van der Waals surface area (Å²) in [5.74, 6) is 0.593. The number of hydrogen-bond donors (Lipinski definition) is 2. The molecule has 4 rings (SSSR count). The molecule has 2 N–H and O–H groups in total. The molecule has 0 bridgehead atoms. The molecule has 7 heteroatoms. The van der Waals surface area contributed by atoms with E-state index in [1.165, 1.54) is 6.20 Å². The van der Waals surface area contributed by atoms with Gasteiger partial charge in [-0.2, -0.15) is 0 Å². The van der Waals surface area contributed by atoms with Crippen molar-refractivity contribution < 1.29 is 8.42 Å². The molecule has 0 saturated heterocycles. The van der Waals surface area contributed by atoms with E-state index in [1.54, 1.807) is 48.7 Å². The van der Waals surface area contributed by atoms with Crippen LogP contribution in [0.5, 0.6) is 0 Å². The number of nitrogens with zero attached hydrogens (tertiary/aromatic N) is 2.